The van der Waals surface area contributed by atoms with E-state index in [2.05, 4.69) is 29.8 Å². The van der Waals surface area contributed by atoms with Crippen molar-refractivity contribution in [3.8, 4) is 0 Å². The first-order chi connectivity index (χ1) is 8.99. The fourth-order valence-electron chi connectivity index (χ4n) is 1.97. The van der Waals surface area contributed by atoms with Crippen molar-refractivity contribution >= 4 is 15.9 Å². The summed E-state index contributed by atoms with van der Waals surface area (Å²) in [5.41, 5.74) is 2.19. The molecule has 1 atom stereocenters. The SMILES string of the molecule is CC(C)c1ccc(C(O)c2ccc(Br)cc2F)cc1. The molecule has 0 saturated carbocycles. The molecule has 1 unspecified atom stereocenters. The molecule has 2 rings (SSSR count). The molecule has 2 aromatic rings. The molecule has 2 aromatic carbocycles. The van der Waals surface area contributed by atoms with Gasteiger partial charge in [0.15, 0.2) is 0 Å². The number of hydrogen-bond acceptors (Lipinski definition) is 1. The molecule has 19 heavy (non-hydrogen) atoms. The van der Waals surface area contributed by atoms with Crippen LogP contribution in [0.5, 0.6) is 0 Å². The monoisotopic (exact) mass is 322 g/mol. The highest BCUT2D eigenvalue weighted by Crippen LogP contribution is 2.27. The van der Waals surface area contributed by atoms with Gasteiger partial charge in [0.05, 0.1) is 0 Å². The Bertz CT molecular complexity index is 563. The summed E-state index contributed by atoms with van der Waals surface area (Å²) in [6.07, 6.45) is -0.936. The van der Waals surface area contributed by atoms with Crippen molar-refractivity contribution in [3.63, 3.8) is 0 Å². The maximum absolute atomic E-state index is 13.8. The van der Waals surface area contributed by atoms with Gasteiger partial charge in [-0.1, -0.05) is 60.1 Å². The smallest absolute Gasteiger partial charge is 0.130 e. The zero-order valence-electron chi connectivity index (χ0n) is 10.9. The summed E-state index contributed by atoms with van der Waals surface area (Å²) in [4.78, 5) is 0. The molecule has 1 nitrogen and oxygen atoms in total. The Kier molecular flexibility index (Phi) is 4.38. The zero-order chi connectivity index (χ0) is 14.0. The van der Waals surface area contributed by atoms with Gasteiger partial charge < -0.3 is 5.11 Å². The van der Waals surface area contributed by atoms with Gasteiger partial charge in [-0.2, -0.15) is 0 Å². The van der Waals surface area contributed by atoms with E-state index in [-0.39, 0.29) is 0 Å². The maximum Gasteiger partial charge on any atom is 0.130 e. The van der Waals surface area contributed by atoms with Crippen molar-refractivity contribution in [3.05, 3.63) is 69.4 Å². The number of aliphatic hydroxyl groups is 1. The molecule has 3 heteroatoms. The van der Waals surface area contributed by atoms with Gasteiger partial charge in [-0.15, -0.1) is 0 Å². The highest BCUT2D eigenvalue weighted by atomic mass is 79.9. The van der Waals surface area contributed by atoms with Gasteiger partial charge in [0, 0.05) is 10.0 Å². The molecule has 0 aliphatic carbocycles. The molecule has 0 saturated heterocycles. The molecule has 0 radical (unpaired) electrons. The molecule has 0 aliphatic rings. The van der Waals surface area contributed by atoms with Crippen LogP contribution in [0.15, 0.2) is 46.9 Å². The second-order valence-corrected chi connectivity index (χ2v) is 5.81. The van der Waals surface area contributed by atoms with E-state index < -0.39 is 11.9 Å². The molecule has 0 amide bonds. The zero-order valence-corrected chi connectivity index (χ0v) is 12.5. The van der Waals surface area contributed by atoms with Crippen LogP contribution in [0.3, 0.4) is 0 Å². The Hall–Kier alpha value is -1.19. The Morgan fingerprint density at radius 1 is 1.00 bits per heavy atom. The van der Waals surface area contributed by atoms with Crippen molar-refractivity contribution in [2.24, 2.45) is 0 Å². The lowest BCUT2D eigenvalue weighted by Gasteiger charge is -2.14. The third-order valence-corrected chi connectivity index (χ3v) is 3.67. The van der Waals surface area contributed by atoms with E-state index in [1.807, 2.05) is 24.3 Å². The third-order valence-electron chi connectivity index (χ3n) is 3.18. The molecular weight excluding hydrogens is 307 g/mol. The summed E-state index contributed by atoms with van der Waals surface area (Å²) in [5.74, 6) is 0.0328. The predicted molar refractivity (Wildman–Crippen MR) is 78.7 cm³/mol. The van der Waals surface area contributed by atoms with Crippen molar-refractivity contribution < 1.29 is 9.50 Å². The van der Waals surface area contributed by atoms with Crippen LogP contribution in [-0.2, 0) is 0 Å². The maximum atomic E-state index is 13.8. The summed E-state index contributed by atoms with van der Waals surface area (Å²) in [7, 11) is 0. The van der Waals surface area contributed by atoms with Gasteiger partial charge in [-0.3, -0.25) is 0 Å². The van der Waals surface area contributed by atoms with Crippen LogP contribution in [0.2, 0.25) is 0 Å². The van der Waals surface area contributed by atoms with Gasteiger partial charge >= 0.3 is 0 Å². The van der Waals surface area contributed by atoms with E-state index in [0.29, 0.717) is 21.5 Å². The lowest BCUT2D eigenvalue weighted by Crippen LogP contribution is -2.03. The molecule has 1 N–H and O–H groups in total. The highest BCUT2D eigenvalue weighted by Gasteiger charge is 2.15. The number of aliphatic hydroxyl groups excluding tert-OH is 1. The van der Waals surface area contributed by atoms with E-state index >= 15 is 0 Å². The van der Waals surface area contributed by atoms with Crippen LogP contribution in [0.4, 0.5) is 4.39 Å². The van der Waals surface area contributed by atoms with Crippen LogP contribution in [0.1, 0.15) is 42.6 Å². The summed E-state index contributed by atoms with van der Waals surface area (Å²) < 4.78 is 14.5. The molecular formula is C16H16BrFO. The first-order valence-corrected chi connectivity index (χ1v) is 7.01. The molecule has 0 spiro atoms. The fraction of sp³-hybridized carbons (Fsp3) is 0.250. The second-order valence-electron chi connectivity index (χ2n) is 4.89. The molecule has 0 heterocycles. The van der Waals surface area contributed by atoms with Crippen molar-refractivity contribution in [1.82, 2.24) is 0 Å². The standard InChI is InChI=1S/C16H16BrFO/c1-10(2)11-3-5-12(6-4-11)16(19)14-8-7-13(17)9-15(14)18/h3-10,16,19H,1-2H3. The number of benzene rings is 2. The minimum absolute atomic E-state index is 0.292. The molecule has 0 bridgehead atoms. The number of hydrogen-bond donors (Lipinski definition) is 1. The van der Waals surface area contributed by atoms with Gasteiger partial charge in [0.25, 0.3) is 0 Å². The van der Waals surface area contributed by atoms with Gasteiger partial charge in [-0.05, 0) is 29.2 Å². The van der Waals surface area contributed by atoms with E-state index in [0.717, 1.165) is 0 Å². The van der Waals surface area contributed by atoms with Crippen LogP contribution in [0.25, 0.3) is 0 Å². The summed E-state index contributed by atoms with van der Waals surface area (Å²) >= 11 is 3.21. The lowest BCUT2D eigenvalue weighted by molar-refractivity contribution is 0.215. The first-order valence-electron chi connectivity index (χ1n) is 6.22. The largest absolute Gasteiger partial charge is 0.384 e. The highest BCUT2D eigenvalue weighted by molar-refractivity contribution is 9.10. The van der Waals surface area contributed by atoms with E-state index in [9.17, 15) is 9.50 Å². The Morgan fingerprint density at radius 3 is 2.11 bits per heavy atom. The van der Waals surface area contributed by atoms with Crippen LogP contribution < -0.4 is 0 Å². The summed E-state index contributed by atoms with van der Waals surface area (Å²) in [5, 5.41) is 10.2. The topological polar surface area (TPSA) is 20.2 Å². The Labute approximate surface area is 121 Å². The first kappa shape index (κ1) is 14.2. The molecule has 0 fully saturated rings. The van der Waals surface area contributed by atoms with Crippen molar-refractivity contribution in [1.29, 1.82) is 0 Å². The van der Waals surface area contributed by atoms with Crippen LogP contribution in [-0.4, -0.2) is 5.11 Å². The van der Waals surface area contributed by atoms with Crippen molar-refractivity contribution in [2.45, 2.75) is 25.9 Å². The van der Waals surface area contributed by atoms with Crippen LogP contribution in [0, 0.1) is 5.82 Å². The van der Waals surface area contributed by atoms with Crippen molar-refractivity contribution in [2.75, 3.05) is 0 Å². The fourth-order valence-corrected chi connectivity index (χ4v) is 2.30. The quantitative estimate of drug-likeness (QED) is 0.861. The van der Waals surface area contributed by atoms with E-state index in [4.69, 9.17) is 0 Å². The minimum Gasteiger partial charge on any atom is -0.384 e. The van der Waals surface area contributed by atoms with E-state index in [1.54, 1.807) is 12.1 Å². The number of rotatable bonds is 3. The number of halogens is 2. The van der Waals surface area contributed by atoms with Gasteiger partial charge in [0.1, 0.15) is 11.9 Å². The minimum atomic E-state index is -0.936. The molecule has 100 valence electrons. The predicted octanol–water partition coefficient (Wildman–Crippen LogP) is 4.79. The molecule has 0 aromatic heterocycles. The Balaban J connectivity index is 2.30. The summed E-state index contributed by atoms with van der Waals surface area (Å²) in [6, 6.07) is 12.3. The Morgan fingerprint density at radius 2 is 1.58 bits per heavy atom. The van der Waals surface area contributed by atoms with E-state index in [1.165, 1.54) is 11.6 Å². The van der Waals surface area contributed by atoms with Gasteiger partial charge in [0.2, 0.25) is 0 Å². The lowest BCUT2D eigenvalue weighted by atomic mass is 9.97. The van der Waals surface area contributed by atoms with Crippen LogP contribution >= 0.6 is 15.9 Å². The third kappa shape index (κ3) is 3.23. The van der Waals surface area contributed by atoms with Gasteiger partial charge in [-0.25, -0.2) is 4.39 Å². The average molecular weight is 323 g/mol. The average Bonchev–Trinajstić information content (AvgIpc) is 2.38. The second kappa shape index (κ2) is 5.85. The molecule has 0 aliphatic heterocycles. The summed E-state index contributed by atoms with van der Waals surface area (Å²) in [6.45, 7) is 4.22. The normalized spacial score (nSPS) is 12.7.